The molecule has 6 nitrogen and oxygen atoms in total. The van der Waals surface area contributed by atoms with Gasteiger partial charge in [-0.2, -0.15) is 0 Å². The Morgan fingerprint density at radius 2 is 2.06 bits per heavy atom. The van der Waals surface area contributed by atoms with E-state index >= 15 is 0 Å². The van der Waals surface area contributed by atoms with Gasteiger partial charge in [0.25, 0.3) is 0 Å². The van der Waals surface area contributed by atoms with Crippen molar-refractivity contribution in [1.82, 2.24) is 10.6 Å². The summed E-state index contributed by atoms with van der Waals surface area (Å²) in [5.74, 6) is 2.60. The minimum absolute atomic E-state index is 0. The average Bonchev–Trinajstić information content (AvgIpc) is 3.25. The van der Waals surface area contributed by atoms with Gasteiger partial charge in [-0.3, -0.25) is 4.99 Å². The molecule has 1 unspecified atom stereocenters. The van der Waals surface area contributed by atoms with Crippen molar-refractivity contribution in [2.24, 2.45) is 4.99 Å². The Labute approximate surface area is 202 Å². The van der Waals surface area contributed by atoms with Crippen LogP contribution in [0.2, 0.25) is 0 Å². The predicted octanol–water partition coefficient (Wildman–Crippen LogP) is 4.09. The van der Waals surface area contributed by atoms with E-state index in [0.29, 0.717) is 19.8 Å². The van der Waals surface area contributed by atoms with E-state index in [1.165, 1.54) is 11.1 Å². The second-order valence-electron chi connectivity index (χ2n) is 7.40. The highest BCUT2D eigenvalue weighted by Gasteiger charge is 2.18. The summed E-state index contributed by atoms with van der Waals surface area (Å²) in [5, 5.41) is 6.77. The molecule has 2 aromatic rings. The van der Waals surface area contributed by atoms with E-state index in [0.717, 1.165) is 49.0 Å². The van der Waals surface area contributed by atoms with Gasteiger partial charge in [0.2, 0.25) is 0 Å². The standard InChI is InChI=1S/C24H33N3O3.HI/c1-4-29-21-7-5-6-19(15-21)10-12-26-24(25-3)27-16-20-9-8-18(2)14-23(20)30-22-11-13-28-17-22;/h5-9,14-15,22H,4,10-13,16-17H2,1-3H3,(H2,25,26,27);1H. The van der Waals surface area contributed by atoms with E-state index in [9.17, 15) is 0 Å². The Hall–Kier alpha value is -2.00. The van der Waals surface area contributed by atoms with E-state index in [2.05, 4.69) is 52.9 Å². The number of nitrogens with zero attached hydrogens (tertiary/aromatic N) is 1. The second-order valence-corrected chi connectivity index (χ2v) is 7.40. The molecule has 1 aliphatic heterocycles. The summed E-state index contributed by atoms with van der Waals surface area (Å²) in [6.45, 7) is 7.61. The van der Waals surface area contributed by atoms with E-state index in [4.69, 9.17) is 14.2 Å². The second kappa shape index (κ2) is 13.4. The molecule has 0 saturated carbocycles. The largest absolute Gasteiger partial charge is 0.494 e. The van der Waals surface area contributed by atoms with Crippen molar-refractivity contribution in [3.63, 3.8) is 0 Å². The van der Waals surface area contributed by atoms with E-state index < -0.39 is 0 Å². The van der Waals surface area contributed by atoms with Gasteiger partial charge < -0.3 is 24.8 Å². The van der Waals surface area contributed by atoms with Crippen LogP contribution in [0.4, 0.5) is 0 Å². The number of halogens is 1. The molecule has 0 amide bonds. The third-order valence-corrected chi connectivity index (χ3v) is 4.99. The molecule has 31 heavy (non-hydrogen) atoms. The SMILES string of the molecule is CCOc1cccc(CCNC(=NC)NCc2ccc(C)cc2OC2CCOC2)c1.I. The molecule has 0 radical (unpaired) electrons. The summed E-state index contributed by atoms with van der Waals surface area (Å²) in [6, 6.07) is 14.5. The first-order chi connectivity index (χ1) is 14.7. The minimum Gasteiger partial charge on any atom is -0.494 e. The molecule has 3 rings (SSSR count). The lowest BCUT2D eigenvalue weighted by molar-refractivity contribution is 0.140. The highest BCUT2D eigenvalue weighted by molar-refractivity contribution is 14.0. The first kappa shape index (κ1) is 25.3. The summed E-state index contributed by atoms with van der Waals surface area (Å²) < 4.78 is 17.2. The number of guanidine groups is 1. The zero-order chi connectivity index (χ0) is 21.2. The minimum atomic E-state index is 0. The van der Waals surface area contributed by atoms with Gasteiger partial charge in [0.05, 0.1) is 19.8 Å². The molecular formula is C24H34IN3O3. The molecule has 1 heterocycles. The van der Waals surface area contributed by atoms with Gasteiger partial charge in [0.1, 0.15) is 17.6 Å². The van der Waals surface area contributed by atoms with Crippen LogP contribution in [0, 0.1) is 6.92 Å². The molecule has 1 aliphatic rings. The van der Waals surface area contributed by atoms with Crippen molar-refractivity contribution >= 4 is 29.9 Å². The van der Waals surface area contributed by atoms with Crippen LogP contribution >= 0.6 is 24.0 Å². The topological polar surface area (TPSA) is 64.1 Å². The summed E-state index contributed by atoms with van der Waals surface area (Å²) in [4.78, 5) is 4.34. The van der Waals surface area contributed by atoms with Crippen molar-refractivity contribution in [1.29, 1.82) is 0 Å². The third-order valence-electron chi connectivity index (χ3n) is 4.99. The highest BCUT2D eigenvalue weighted by atomic mass is 127. The molecule has 1 fully saturated rings. The Balaban J connectivity index is 0.00000341. The number of aliphatic imine (C=N–C) groups is 1. The van der Waals surface area contributed by atoms with Crippen molar-refractivity contribution < 1.29 is 14.2 Å². The lowest BCUT2D eigenvalue weighted by Gasteiger charge is -2.18. The van der Waals surface area contributed by atoms with Crippen LogP contribution in [0.3, 0.4) is 0 Å². The molecule has 2 N–H and O–H groups in total. The highest BCUT2D eigenvalue weighted by Crippen LogP contribution is 2.23. The zero-order valence-corrected chi connectivity index (χ0v) is 21.0. The smallest absolute Gasteiger partial charge is 0.191 e. The van der Waals surface area contributed by atoms with Crippen LogP contribution in [-0.2, 0) is 17.7 Å². The molecule has 0 spiro atoms. The molecule has 0 aliphatic carbocycles. The van der Waals surface area contributed by atoms with E-state index in [1.54, 1.807) is 7.05 Å². The van der Waals surface area contributed by atoms with Gasteiger partial charge >= 0.3 is 0 Å². The van der Waals surface area contributed by atoms with Gasteiger partial charge in [-0.25, -0.2) is 0 Å². The summed E-state index contributed by atoms with van der Waals surface area (Å²) in [6.07, 6.45) is 1.96. The van der Waals surface area contributed by atoms with Crippen LogP contribution in [-0.4, -0.2) is 45.5 Å². The molecular weight excluding hydrogens is 505 g/mol. The van der Waals surface area contributed by atoms with Gasteiger partial charge in [-0.1, -0.05) is 24.3 Å². The number of rotatable bonds is 9. The molecule has 2 aromatic carbocycles. The monoisotopic (exact) mass is 539 g/mol. The lowest BCUT2D eigenvalue weighted by Crippen LogP contribution is -2.38. The molecule has 1 saturated heterocycles. The van der Waals surface area contributed by atoms with Crippen molar-refractivity contribution in [3.05, 3.63) is 59.2 Å². The maximum Gasteiger partial charge on any atom is 0.191 e. The number of benzene rings is 2. The van der Waals surface area contributed by atoms with Crippen molar-refractivity contribution in [2.45, 2.75) is 39.3 Å². The van der Waals surface area contributed by atoms with Crippen LogP contribution in [0.15, 0.2) is 47.5 Å². The maximum absolute atomic E-state index is 6.19. The first-order valence-electron chi connectivity index (χ1n) is 10.7. The summed E-state index contributed by atoms with van der Waals surface area (Å²) in [7, 11) is 1.79. The van der Waals surface area contributed by atoms with Gasteiger partial charge in [0, 0.05) is 32.1 Å². The maximum atomic E-state index is 6.19. The number of nitrogens with one attached hydrogen (secondary N) is 2. The fraction of sp³-hybridized carbons (Fsp3) is 0.458. The van der Waals surface area contributed by atoms with E-state index in [1.807, 2.05) is 19.1 Å². The Bertz CT molecular complexity index is 839. The Morgan fingerprint density at radius 3 is 2.81 bits per heavy atom. The van der Waals surface area contributed by atoms with Crippen LogP contribution in [0.25, 0.3) is 0 Å². The van der Waals surface area contributed by atoms with Gasteiger partial charge in [0.15, 0.2) is 5.96 Å². The Kier molecular flexibility index (Phi) is 10.9. The van der Waals surface area contributed by atoms with E-state index in [-0.39, 0.29) is 30.1 Å². The van der Waals surface area contributed by atoms with Crippen LogP contribution in [0.1, 0.15) is 30.0 Å². The molecule has 170 valence electrons. The van der Waals surface area contributed by atoms with Crippen molar-refractivity contribution in [3.8, 4) is 11.5 Å². The fourth-order valence-electron chi connectivity index (χ4n) is 3.39. The molecule has 1 atom stereocenters. The molecule has 0 aromatic heterocycles. The predicted molar refractivity (Wildman–Crippen MR) is 136 cm³/mol. The van der Waals surface area contributed by atoms with Gasteiger partial charge in [-0.15, -0.1) is 24.0 Å². The van der Waals surface area contributed by atoms with Crippen LogP contribution < -0.4 is 20.1 Å². The lowest BCUT2D eigenvalue weighted by atomic mass is 10.1. The summed E-state index contributed by atoms with van der Waals surface area (Å²) >= 11 is 0. The quantitative estimate of drug-likeness (QED) is 0.286. The normalized spacial score (nSPS) is 15.8. The third kappa shape index (κ3) is 8.22. The summed E-state index contributed by atoms with van der Waals surface area (Å²) in [5.41, 5.74) is 3.53. The number of aryl methyl sites for hydroxylation is 1. The average molecular weight is 539 g/mol. The van der Waals surface area contributed by atoms with Crippen molar-refractivity contribution in [2.75, 3.05) is 33.4 Å². The molecule has 7 heteroatoms. The Morgan fingerprint density at radius 1 is 1.19 bits per heavy atom. The zero-order valence-electron chi connectivity index (χ0n) is 18.6. The number of hydrogen-bond acceptors (Lipinski definition) is 4. The number of ether oxygens (including phenoxy) is 3. The van der Waals surface area contributed by atoms with Gasteiger partial charge in [-0.05, 0) is 49.6 Å². The van der Waals surface area contributed by atoms with Crippen LogP contribution in [0.5, 0.6) is 11.5 Å². The first-order valence-corrected chi connectivity index (χ1v) is 10.7. The fourth-order valence-corrected chi connectivity index (χ4v) is 3.39. The molecule has 0 bridgehead atoms. The number of hydrogen-bond donors (Lipinski definition) is 2.